The molecule has 1 N–H and O–H groups in total. The summed E-state index contributed by atoms with van der Waals surface area (Å²) in [5, 5.41) is 9.01. The van der Waals surface area contributed by atoms with Gasteiger partial charge in [0, 0.05) is 8.95 Å². The largest absolute Gasteiger partial charge is 0.282 e. The van der Waals surface area contributed by atoms with Crippen LogP contribution in [0.25, 0.3) is 0 Å². The van der Waals surface area contributed by atoms with E-state index in [0.29, 0.717) is 21.3 Å². The van der Waals surface area contributed by atoms with E-state index in [1.807, 2.05) is 6.07 Å². The van der Waals surface area contributed by atoms with Gasteiger partial charge in [0.2, 0.25) is 10.0 Å². The van der Waals surface area contributed by atoms with Gasteiger partial charge in [0.25, 0.3) is 0 Å². The van der Waals surface area contributed by atoms with Crippen LogP contribution in [0.2, 0.25) is 0 Å². The Kier molecular flexibility index (Phi) is 5.04. The predicted molar refractivity (Wildman–Crippen MR) is 89.2 cm³/mol. The van der Waals surface area contributed by atoms with Crippen molar-refractivity contribution in [3.63, 3.8) is 0 Å². The molecule has 0 aliphatic rings. The van der Waals surface area contributed by atoms with Crippen molar-refractivity contribution in [3.8, 4) is 6.07 Å². The van der Waals surface area contributed by atoms with Gasteiger partial charge in [0.1, 0.15) is 0 Å². The first-order valence-corrected chi connectivity index (χ1v) is 9.08. The normalized spacial score (nSPS) is 10.9. The molecular formula is C14H10Br2N2O2S. The molecule has 0 radical (unpaired) electrons. The van der Waals surface area contributed by atoms with E-state index >= 15 is 0 Å². The summed E-state index contributed by atoms with van der Waals surface area (Å²) >= 11 is 6.59. The van der Waals surface area contributed by atoms with Crippen LogP contribution in [0.1, 0.15) is 11.1 Å². The number of halogens is 2. The number of sulfonamides is 1. The molecule has 0 saturated carbocycles. The van der Waals surface area contributed by atoms with E-state index in [4.69, 9.17) is 5.26 Å². The van der Waals surface area contributed by atoms with E-state index in [-0.39, 0.29) is 5.75 Å². The van der Waals surface area contributed by atoms with Gasteiger partial charge in [0.05, 0.1) is 23.1 Å². The molecule has 2 aromatic carbocycles. The first-order chi connectivity index (χ1) is 9.91. The zero-order valence-corrected chi connectivity index (χ0v) is 14.7. The lowest BCUT2D eigenvalue weighted by Crippen LogP contribution is -2.16. The Morgan fingerprint density at radius 3 is 2.57 bits per heavy atom. The number of nitrogens with zero attached hydrogens (tertiary/aromatic N) is 1. The molecule has 0 saturated heterocycles. The van der Waals surface area contributed by atoms with Gasteiger partial charge in [-0.1, -0.05) is 34.1 Å². The van der Waals surface area contributed by atoms with Gasteiger partial charge in [-0.15, -0.1) is 0 Å². The molecule has 0 bridgehead atoms. The fourth-order valence-corrected chi connectivity index (χ4v) is 3.81. The Hall–Kier alpha value is -1.36. The first-order valence-electron chi connectivity index (χ1n) is 5.85. The molecule has 4 nitrogen and oxygen atoms in total. The highest BCUT2D eigenvalue weighted by Gasteiger charge is 2.15. The molecule has 0 aliphatic carbocycles. The zero-order chi connectivity index (χ0) is 15.5. The average Bonchev–Trinajstić information content (AvgIpc) is 2.43. The highest BCUT2D eigenvalue weighted by atomic mass is 79.9. The summed E-state index contributed by atoms with van der Waals surface area (Å²) in [4.78, 5) is 0. The van der Waals surface area contributed by atoms with Crippen LogP contribution in [0.3, 0.4) is 0 Å². The molecule has 0 spiro atoms. The third-order valence-electron chi connectivity index (χ3n) is 2.68. The molecule has 0 aliphatic heterocycles. The molecule has 7 heteroatoms. The van der Waals surface area contributed by atoms with Crippen molar-refractivity contribution >= 4 is 47.6 Å². The highest BCUT2D eigenvalue weighted by molar-refractivity contribution is 9.11. The van der Waals surface area contributed by atoms with Gasteiger partial charge < -0.3 is 0 Å². The van der Waals surface area contributed by atoms with Crippen LogP contribution in [0.15, 0.2) is 51.4 Å². The Bertz CT molecular complexity index is 814. The second kappa shape index (κ2) is 6.60. The topological polar surface area (TPSA) is 70.0 Å². The quantitative estimate of drug-likeness (QED) is 0.797. The lowest BCUT2D eigenvalue weighted by atomic mass is 10.1. The smallest absolute Gasteiger partial charge is 0.237 e. The maximum atomic E-state index is 12.2. The molecule has 0 amide bonds. The Balaban J connectivity index is 2.27. The maximum absolute atomic E-state index is 12.2. The summed E-state index contributed by atoms with van der Waals surface area (Å²) in [6.45, 7) is 0. The van der Waals surface area contributed by atoms with Crippen molar-refractivity contribution in [2.75, 3.05) is 4.72 Å². The van der Waals surface area contributed by atoms with Crippen molar-refractivity contribution in [1.82, 2.24) is 0 Å². The predicted octanol–water partition coefficient (Wildman–Crippen LogP) is 4.03. The second-order valence-corrected chi connectivity index (χ2v) is 7.75. The van der Waals surface area contributed by atoms with Crippen LogP contribution in [-0.4, -0.2) is 8.42 Å². The second-order valence-electron chi connectivity index (χ2n) is 4.25. The van der Waals surface area contributed by atoms with E-state index in [1.165, 1.54) is 0 Å². The van der Waals surface area contributed by atoms with Crippen molar-refractivity contribution in [1.29, 1.82) is 5.26 Å². The summed E-state index contributed by atoms with van der Waals surface area (Å²) in [6.07, 6.45) is 0. The lowest BCUT2D eigenvalue weighted by Gasteiger charge is -2.11. The molecule has 2 aromatic rings. The monoisotopic (exact) mass is 428 g/mol. The Morgan fingerprint density at radius 1 is 1.14 bits per heavy atom. The van der Waals surface area contributed by atoms with Gasteiger partial charge in [-0.25, -0.2) is 8.42 Å². The van der Waals surface area contributed by atoms with Crippen LogP contribution < -0.4 is 4.72 Å². The van der Waals surface area contributed by atoms with Crippen molar-refractivity contribution in [2.45, 2.75) is 5.75 Å². The Labute approximate surface area is 140 Å². The van der Waals surface area contributed by atoms with Crippen molar-refractivity contribution in [3.05, 3.63) is 62.5 Å². The summed E-state index contributed by atoms with van der Waals surface area (Å²) in [5.74, 6) is -0.254. The standard InChI is InChI=1S/C14H10Br2N2O2S/c15-12-5-6-13(16)14(7-12)18-21(19,20)9-11-4-2-1-3-10(11)8-17/h1-7,18H,9H2. The number of rotatable bonds is 4. The minimum atomic E-state index is -3.61. The molecule has 108 valence electrons. The summed E-state index contributed by atoms with van der Waals surface area (Å²) in [7, 11) is -3.61. The van der Waals surface area contributed by atoms with Crippen LogP contribution in [0, 0.1) is 11.3 Å². The van der Waals surface area contributed by atoms with E-state index in [0.717, 1.165) is 4.47 Å². The summed E-state index contributed by atoms with van der Waals surface area (Å²) < 4.78 is 28.4. The minimum absolute atomic E-state index is 0.254. The van der Waals surface area contributed by atoms with E-state index in [9.17, 15) is 8.42 Å². The zero-order valence-electron chi connectivity index (χ0n) is 10.7. The van der Waals surface area contributed by atoms with E-state index in [2.05, 4.69) is 36.6 Å². The third-order valence-corrected chi connectivity index (χ3v) is 5.08. The molecular weight excluding hydrogens is 420 g/mol. The van der Waals surface area contributed by atoms with Crippen molar-refractivity contribution < 1.29 is 8.42 Å². The van der Waals surface area contributed by atoms with Crippen LogP contribution in [0.4, 0.5) is 5.69 Å². The third kappa shape index (κ3) is 4.30. The molecule has 0 fully saturated rings. The van der Waals surface area contributed by atoms with Crippen LogP contribution in [-0.2, 0) is 15.8 Å². The summed E-state index contributed by atoms with van der Waals surface area (Å²) in [5.41, 5.74) is 1.27. The first kappa shape index (κ1) is 16.0. The molecule has 0 atom stereocenters. The SMILES string of the molecule is N#Cc1ccccc1CS(=O)(=O)Nc1cc(Br)ccc1Br. The number of hydrogen-bond donors (Lipinski definition) is 1. The molecule has 2 rings (SSSR count). The number of nitrogens with one attached hydrogen (secondary N) is 1. The van der Waals surface area contributed by atoms with Gasteiger partial charge in [-0.3, -0.25) is 4.72 Å². The van der Waals surface area contributed by atoms with Crippen LogP contribution in [0.5, 0.6) is 0 Å². The van der Waals surface area contributed by atoms with Crippen LogP contribution >= 0.6 is 31.9 Å². The molecule has 0 unspecified atom stereocenters. The van der Waals surface area contributed by atoms with E-state index < -0.39 is 10.0 Å². The lowest BCUT2D eigenvalue weighted by molar-refractivity contribution is 0.600. The van der Waals surface area contributed by atoms with E-state index in [1.54, 1.807) is 42.5 Å². The number of anilines is 1. The Morgan fingerprint density at radius 2 is 1.86 bits per heavy atom. The van der Waals surface area contributed by atoms with Gasteiger partial charge in [-0.2, -0.15) is 5.26 Å². The molecule has 21 heavy (non-hydrogen) atoms. The summed E-state index contributed by atoms with van der Waals surface area (Å²) in [6, 6.07) is 13.8. The van der Waals surface area contributed by atoms with Gasteiger partial charge in [-0.05, 0) is 45.8 Å². The average molecular weight is 430 g/mol. The van der Waals surface area contributed by atoms with Gasteiger partial charge in [0.15, 0.2) is 0 Å². The number of benzene rings is 2. The molecule has 0 aromatic heterocycles. The number of hydrogen-bond acceptors (Lipinski definition) is 3. The highest BCUT2D eigenvalue weighted by Crippen LogP contribution is 2.27. The maximum Gasteiger partial charge on any atom is 0.237 e. The fourth-order valence-electron chi connectivity index (χ4n) is 1.74. The van der Waals surface area contributed by atoms with Crippen molar-refractivity contribution in [2.24, 2.45) is 0 Å². The number of nitriles is 1. The fraction of sp³-hybridized carbons (Fsp3) is 0.0714. The minimum Gasteiger partial charge on any atom is -0.282 e. The van der Waals surface area contributed by atoms with Gasteiger partial charge >= 0.3 is 0 Å². The molecule has 0 heterocycles.